The summed E-state index contributed by atoms with van der Waals surface area (Å²) in [5.41, 5.74) is 0.0365. The molecule has 0 aliphatic heterocycles. The van der Waals surface area contributed by atoms with Crippen molar-refractivity contribution in [2.24, 2.45) is 0 Å². The zero-order valence-electron chi connectivity index (χ0n) is 11.6. The van der Waals surface area contributed by atoms with Crippen LogP contribution in [0.1, 0.15) is 15.9 Å². The summed E-state index contributed by atoms with van der Waals surface area (Å²) in [5, 5.41) is 21.3. The number of carbonyl (C=O) groups excluding carboxylic acids is 2. The Labute approximate surface area is 130 Å². The predicted octanol–water partition coefficient (Wildman–Crippen LogP) is 1.67. The molecule has 8 heteroatoms. The molecule has 0 spiro atoms. The van der Waals surface area contributed by atoms with Gasteiger partial charge in [0.2, 0.25) is 0 Å². The molecule has 0 saturated heterocycles. The fraction of sp³-hybridized carbons (Fsp3) is 0.0667. The highest BCUT2D eigenvalue weighted by atomic mass is 16.7. The zero-order valence-corrected chi connectivity index (χ0v) is 11.6. The van der Waals surface area contributed by atoms with Gasteiger partial charge >= 0.3 is 5.97 Å². The lowest BCUT2D eigenvalue weighted by Crippen LogP contribution is -2.27. The van der Waals surface area contributed by atoms with Crippen LogP contribution in [-0.4, -0.2) is 17.0 Å². The molecule has 0 amide bonds. The highest BCUT2D eigenvalue weighted by molar-refractivity contribution is 5.89. The molecular weight excluding hydrogens is 306 g/mol. The first kappa shape index (κ1) is 16.0. The molecule has 0 aromatic heterocycles. The van der Waals surface area contributed by atoms with Gasteiger partial charge < -0.3 is 19.4 Å². The van der Waals surface area contributed by atoms with E-state index in [2.05, 4.69) is 4.74 Å². The molecule has 0 atom stereocenters. The molecule has 0 unspecified atom stereocenters. The third-order valence-corrected chi connectivity index (χ3v) is 2.82. The maximum atomic E-state index is 11.8. The minimum atomic E-state index is -1.82. The van der Waals surface area contributed by atoms with Crippen molar-refractivity contribution in [2.45, 2.75) is 6.61 Å². The van der Waals surface area contributed by atoms with Crippen molar-refractivity contribution in [2.75, 3.05) is 0 Å². The third-order valence-electron chi connectivity index (χ3n) is 2.82. The summed E-state index contributed by atoms with van der Waals surface area (Å²) in [4.78, 5) is 32.5. The van der Waals surface area contributed by atoms with Gasteiger partial charge in [-0.15, -0.1) is 0 Å². The van der Waals surface area contributed by atoms with Crippen LogP contribution in [0.15, 0.2) is 48.5 Å². The van der Waals surface area contributed by atoms with E-state index in [0.29, 0.717) is 5.56 Å². The van der Waals surface area contributed by atoms with Crippen molar-refractivity contribution in [3.63, 3.8) is 0 Å². The average Bonchev–Trinajstić information content (AvgIpc) is 2.53. The van der Waals surface area contributed by atoms with Crippen molar-refractivity contribution in [3.05, 3.63) is 69.8 Å². The van der Waals surface area contributed by atoms with E-state index < -0.39 is 23.7 Å². The van der Waals surface area contributed by atoms with Crippen molar-refractivity contribution < 1.29 is 29.1 Å². The summed E-state index contributed by atoms with van der Waals surface area (Å²) >= 11 is 0. The number of non-ortho nitro benzene ring substituents is 1. The molecule has 0 N–H and O–H groups in total. The number of hydrogen-bond donors (Lipinski definition) is 0. The SMILES string of the molecule is O=C([O-])Oc1ccc([N+](=O)[O-])cc1COC(=O)c1ccccc1. The smallest absolute Gasteiger partial charge is 0.338 e. The second kappa shape index (κ2) is 7.03. The van der Waals surface area contributed by atoms with Gasteiger partial charge in [-0.3, -0.25) is 10.1 Å². The second-order valence-corrected chi connectivity index (χ2v) is 4.34. The Bertz CT molecular complexity index is 743. The Balaban J connectivity index is 2.19. The van der Waals surface area contributed by atoms with E-state index in [4.69, 9.17) is 4.74 Å². The Kier molecular flexibility index (Phi) is 4.88. The van der Waals surface area contributed by atoms with Gasteiger partial charge in [0.05, 0.1) is 16.2 Å². The number of esters is 1. The van der Waals surface area contributed by atoms with Crippen molar-refractivity contribution in [1.29, 1.82) is 0 Å². The first-order valence-electron chi connectivity index (χ1n) is 6.35. The van der Waals surface area contributed by atoms with Crippen LogP contribution in [0.4, 0.5) is 10.5 Å². The highest BCUT2D eigenvalue weighted by Gasteiger charge is 2.13. The molecule has 0 aliphatic rings. The van der Waals surface area contributed by atoms with E-state index in [-0.39, 0.29) is 17.0 Å². The lowest BCUT2D eigenvalue weighted by Gasteiger charge is -2.14. The Morgan fingerprint density at radius 3 is 2.39 bits per heavy atom. The van der Waals surface area contributed by atoms with Gasteiger partial charge in [-0.25, -0.2) is 4.79 Å². The van der Waals surface area contributed by atoms with Crippen LogP contribution in [0.3, 0.4) is 0 Å². The van der Waals surface area contributed by atoms with Crippen LogP contribution in [0.2, 0.25) is 0 Å². The molecule has 0 bridgehead atoms. The van der Waals surface area contributed by atoms with Crippen LogP contribution in [0.25, 0.3) is 0 Å². The number of carboxylic acid groups (broad SMARTS) is 1. The number of ether oxygens (including phenoxy) is 2. The monoisotopic (exact) mass is 316 g/mol. The van der Waals surface area contributed by atoms with E-state index in [1.807, 2.05) is 0 Å². The van der Waals surface area contributed by atoms with Gasteiger partial charge in [0.1, 0.15) is 6.61 Å². The number of carbonyl (C=O) groups is 2. The van der Waals surface area contributed by atoms with Crippen LogP contribution in [0, 0.1) is 10.1 Å². The van der Waals surface area contributed by atoms with Crippen molar-refractivity contribution >= 4 is 17.8 Å². The van der Waals surface area contributed by atoms with E-state index in [0.717, 1.165) is 18.2 Å². The minimum Gasteiger partial charge on any atom is -0.514 e. The second-order valence-electron chi connectivity index (χ2n) is 4.34. The highest BCUT2D eigenvalue weighted by Crippen LogP contribution is 2.25. The molecule has 118 valence electrons. The number of nitro benzene ring substituents is 1. The summed E-state index contributed by atoms with van der Waals surface area (Å²) in [6.45, 7) is -0.391. The number of nitrogens with zero attached hydrogens (tertiary/aromatic N) is 1. The minimum absolute atomic E-state index is 0.0349. The van der Waals surface area contributed by atoms with E-state index in [9.17, 15) is 24.8 Å². The maximum absolute atomic E-state index is 11.8. The molecule has 8 nitrogen and oxygen atoms in total. The third kappa shape index (κ3) is 4.27. The van der Waals surface area contributed by atoms with Crippen molar-refractivity contribution in [3.8, 4) is 5.75 Å². The molecule has 0 heterocycles. The quantitative estimate of drug-likeness (QED) is 0.356. The van der Waals surface area contributed by atoms with E-state index in [1.165, 1.54) is 12.1 Å². The van der Waals surface area contributed by atoms with Crippen LogP contribution < -0.4 is 9.84 Å². The topological polar surface area (TPSA) is 119 Å². The number of benzene rings is 2. The predicted molar refractivity (Wildman–Crippen MR) is 74.7 cm³/mol. The van der Waals surface area contributed by atoms with Gasteiger partial charge in [0, 0.05) is 17.7 Å². The normalized spacial score (nSPS) is 9.91. The Hall–Kier alpha value is -3.42. The number of nitro groups is 1. The Morgan fingerprint density at radius 1 is 1.09 bits per heavy atom. The van der Waals surface area contributed by atoms with Gasteiger partial charge in [0.25, 0.3) is 11.8 Å². The summed E-state index contributed by atoms with van der Waals surface area (Å²) in [7, 11) is 0. The average molecular weight is 316 g/mol. The van der Waals surface area contributed by atoms with Crippen molar-refractivity contribution in [1.82, 2.24) is 0 Å². The summed E-state index contributed by atoms with van der Waals surface area (Å²) in [5.74, 6) is -0.854. The molecule has 0 fully saturated rings. The lowest BCUT2D eigenvalue weighted by molar-refractivity contribution is -0.385. The molecule has 2 aromatic carbocycles. The summed E-state index contributed by atoms with van der Waals surface area (Å²) in [6, 6.07) is 11.3. The van der Waals surface area contributed by atoms with E-state index in [1.54, 1.807) is 18.2 Å². The summed E-state index contributed by atoms with van der Waals surface area (Å²) in [6.07, 6.45) is -1.82. The molecule has 0 radical (unpaired) electrons. The van der Waals surface area contributed by atoms with Crippen LogP contribution in [-0.2, 0) is 11.3 Å². The molecule has 0 aliphatic carbocycles. The van der Waals surface area contributed by atoms with Gasteiger partial charge in [-0.1, -0.05) is 18.2 Å². The largest absolute Gasteiger partial charge is 0.514 e. The first-order valence-corrected chi connectivity index (χ1v) is 6.35. The van der Waals surface area contributed by atoms with Gasteiger partial charge in [-0.2, -0.15) is 0 Å². The molecule has 0 saturated carbocycles. The first-order chi connectivity index (χ1) is 11.0. The van der Waals surface area contributed by atoms with E-state index >= 15 is 0 Å². The number of hydrogen-bond acceptors (Lipinski definition) is 7. The molecule has 2 aromatic rings. The van der Waals surface area contributed by atoms with Crippen LogP contribution >= 0.6 is 0 Å². The molecule has 2 rings (SSSR count). The Morgan fingerprint density at radius 2 is 1.78 bits per heavy atom. The standard InChI is InChI=1S/C15H11NO7/c17-14(10-4-2-1-3-5-10)22-9-11-8-12(16(20)21)6-7-13(11)23-15(18)19/h1-8H,9H2,(H,18,19)/p-1. The summed E-state index contributed by atoms with van der Waals surface area (Å²) < 4.78 is 9.43. The fourth-order valence-corrected chi connectivity index (χ4v) is 1.78. The van der Waals surface area contributed by atoms with Gasteiger partial charge in [0.15, 0.2) is 0 Å². The lowest BCUT2D eigenvalue weighted by atomic mass is 10.2. The number of rotatable bonds is 5. The maximum Gasteiger partial charge on any atom is 0.338 e. The van der Waals surface area contributed by atoms with Crippen LogP contribution in [0.5, 0.6) is 5.75 Å². The molecular formula is C15H10NO7-. The molecule has 23 heavy (non-hydrogen) atoms. The zero-order chi connectivity index (χ0) is 16.8. The van der Waals surface area contributed by atoms with Gasteiger partial charge in [-0.05, 0) is 18.2 Å². The fourth-order valence-electron chi connectivity index (χ4n) is 1.78.